The van der Waals surface area contributed by atoms with Gasteiger partial charge in [0.15, 0.2) is 0 Å². The van der Waals surface area contributed by atoms with Crippen LogP contribution >= 0.6 is 0 Å². The SMILES string of the molecule is NS(=O)(=O)N1CCN(C(=O)c2c[nH]c(=O)cn2)CC1. The summed E-state index contributed by atoms with van der Waals surface area (Å²) in [6, 6.07) is 0. The molecule has 0 atom stereocenters. The van der Waals surface area contributed by atoms with Crippen LogP contribution in [0.5, 0.6) is 0 Å². The largest absolute Gasteiger partial charge is 0.335 e. The topological polar surface area (TPSA) is 129 Å². The zero-order chi connectivity index (χ0) is 14.0. The van der Waals surface area contributed by atoms with Gasteiger partial charge in [0.25, 0.3) is 21.7 Å². The van der Waals surface area contributed by atoms with E-state index in [9.17, 15) is 18.0 Å². The molecule has 2 rings (SSSR count). The Morgan fingerprint density at radius 1 is 1.32 bits per heavy atom. The third-order valence-electron chi connectivity index (χ3n) is 2.78. The minimum Gasteiger partial charge on any atom is -0.335 e. The van der Waals surface area contributed by atoms with Gasteiger partial charge in [0.1, 0.15) is 5.69 Å². The molecule has 1 saturated heterocycles. The van der Waals surface area contributed by atoms with Crippen molar-refractivity contribution in [2.75, 3.05) is 26.2 Å². The standard InChI is InChI=1S/C9H13N5O4S/c10-19(17,18)14-3-1-13(2-4-14)9(16)7-5-12-8(15)6-11-7/h5-6H,1-4H2,(H,12,15)(H2,10,17,18). The molecule has 0 spiro atoms. The quantitative estimate of drug-likeness (QED) is 0.633. The van der Waals surface area contributed by atoms with E-state index in [1.165, 1.54) is 11.1 Å². The van der Waals surface area contributed by atoms with Gasteiger partial charge < -0.3 is 9.88 Å². The molecule has 1 aliphatic rings. The summed E-state index contributed by atoms with van der Waals surface area (Å²) in [6.07, 6.45) is 2.25. The molecule has 0 radical (unpaired) electrons. The molecule has 1 aromatic rings. The van der Waals surface area contributed by atoms with Gasteiger partial charge in [0.2, 0.25) is 0 Å². The maximum Gasteiger partial charge on any atom is 0.277 e. The maximum atomic E-state index is 12.0. The number of hydrogen-bond donors (Lipinski definition) is 2. The Kier molecular flexibility index (Phi) is 3.64. The average Bonchev–Trinajstić information content (AvgIpc) is 2.38. The van der Waals surface area contributed by atoms with Gasteiger partial charge in [0, 0.05) is 32.4 Å². The molecular weight excluding hydrogens is 274 g/mol. The Bertz CT molecular complexity index is 612. The summed E-state index contributed by atoms with van der Waals surface area (Å²) < 4.78 is 23.3. The fourth-order valence-corrected chi connectivity index (χ4v) is 2.44. The maximum absolute atomic E-state index is 12.0. The molecule has 0 saturated carbocycles. The third kappa shape index (κ3) is 3.16. The van der Waals surface area contributed by atoms with E-state index in [1.54, 1.807) is 0 Å². The Hall–Kier alpha value is -1.78. The summed E-state index contributed by atoms with van der Waals surface area (Å²) in [5, 5.41) is 5.00. The van der Waals surface area contributed by atoms with E-state index in [1.807, 2.05) is 0 Å². The second-order valence-corrected chi connectivity index (χ2v) is 5.58. The first-order valence-electron chi connectivity index (χ1n) is 5.50. The molecule has 3 N–H and O–H groups in total. The number of nitrogens with two attached hydrogens (primary N) is 1. The molecule has 9 nitrogen and oxygen atoms in total. The minimum absolute atomic E-state index is 0.114. The summed E-state index contributed by atoms with van der Waals surface area (Å²) in [5.41, 5.74) is -0.278. The molecule has 1 fully saturated rings. The Morgan fingerprint density at radius 2 is 1.95 bits per heavy atom. The summed E-state index contributed by atoms with van der Waals surface area (Å²) in [6.45, 7) is 0.758. The molecule has 0 unspecified atom stereocenters. The van der Waals surface area contributed by atoms with Crippen molar-refractivity contribution in [1.29, 1.82) is 0 Å². The second-order valence-electron chi connectivity index (χ2n) is 4.03. The number of aromatic nitrogens is 2. The minimum atomic E-state index is -3.71. The molecule has 104 valence electrons. The number of piperazine rings is 1. The fraction of sp³-hybridized carbons (Fsp3) is 0.444. The lowest BCUT2D eigenvalue weighted by Gasteiger charge is -2.32. The van der Waals surface area contributed by atoms with E-state index in [4.69, 9.17) is 5.14 Å². The van der Waals surface area contributed by atoms with Gasteiger partial charge in [-0.25, -0.2) is 10.1 Å². The number of nitrogens with zero attached hydrogens (tertiary/aromatic N) is 3. The highest BCUT2D eigenvalue weighted by Crippen LogP contribution is 2.07. The van der Waals surface area contributed by atoms with Crippen LogP contribution in [0.3, 0.4) is 0 Å². The number of carbonyl (C=O) groups excluding carboxylic acids is 1. The summed E-state index contributed by atoms with van der Waals surface area (Å²) in [4.78, 5) is 30.4. The number of hydrogen-bond acceptors (Lipinski definition) is 5. The van der Waals surface area contributed by atoms with Crippen molar-refractivity contribution in [3.63, 3.8) is 0 Å². The van der Waals surface area contributed by atoms with E-state index in [0.717, 1.165) is 10.5 Å². The van der Waals surface area contributed by atoms with E-state index >= 15 is 0 Å². The van der Waals surface area contributed by atoms with Gasteiger partial charge in [-0.1, -0.05) is 0 Å². The van der Waals surface area contributed by atoms with Crippen LogP contribution in [0.15, 0.2) is 17.2 Å². The molecule has 1 amide bonds. The first kappa shape index (κ1) is 13.6. The molecule has 2 heterocycles. The highest BCUT2D eigenvalue weighted by Gasteiger charge is 2.27. The Balaban J connectivity index is 2.04. The van der Waals surface area contributed by atoms with Crippen molar-refractivity contribution in [2.45, 2.75) is 0 Å². The van der Waals surface area contributed by atoms with Gasteiger partial charge in [-0.15, -0.1) is 0 Å². The van der Waals surface area contributed by atoms with E-state index in [0.29, 0.717) is 0 Å². The lowest BCUT2D eigenvalue weighted by atomic mass is 10.3. The van der Waals surface area contributed by atoms with Crippen LogP contribution in [0.4, 0.5) is 0 Å². The third-order valence-corrected chi connectivity index (χ3v) is 3.86. The number of nitrogens with one attached hydrogen (secondary N) is 1. The zero-order valence-corrected chi connectivity index (χ0v) is 10.8. The highest BCUT2D eigenvalue weighted by atomic mass is 32.2. The van der Waals surface area contributed by atoms with Gasteiger partial charge in [0.05, 0.1) is 6.20 Å². The molecule has 19 heavy (non-hydrogen) atoms. The van der Waals surface area contributed by atoms with Gasteiger partial charge in [-0.05, 0) is 0 Å². The van der Waals surface area contributed by atoms with Gasteiger partial charge in [-0.3, -0.25) is 9.59 Å². The van der Waals surface area contributed by atoms with Gasteiger partial charge >= 0.3 is 0 Å². The first-order valence-corrected chi connectivity index (χ1v) is 7.00. The molecule has 0 bridgehead atoms. The molecule has 1 aromatic heterocycles. The highest BCUT2D eigenvalue weighted by molar-refractivity contribution is 7.86. The van der Waals surface area contributed by atoms with Crippen LogP contribution in [0.1, 0.15) is 10.5 Å². The predicted molar refractivity (Wildman–Crippen MR) is 65.4 cm³/mol. The molecule has 10 heteroatoms. The van der Waals surface area contributed by atoms with E-state index < -0.39 is 15.8 Å². The van der Waals surface area contributed by atoms with Crippen LogP contribution in [0.25, 0.3) is 0 Å². The lowest BCUT2D eigenvalue weighted by Crippen LogP contribution is -2.52. The Labute approximate surface area is 109 Å². The molecular formula is C9H13N5O4S. The summed E-state index contributed by atoms with van der Waals surface area (Å²) in [5.74, 6) is -0.356. The number of rotatable bonds is 2. The van der Waals surface area contributed by atoms with Crippen molar-refractivity contribution >= 4 is 16.1 Å². The fourth-order valence-electron chi connectivity index (χ4n) is 1.77. The van der Waals surface area contributed by atoms with E-state index in [2.05, 4.69) is 9.97 Å². The Morgan fingerprint density at radius 3 is 2.42 bits per heavy atom. The lowest BCUT2D eigenvalue weighted by molar-refractivity contribution is 0.0691. The number of H-pyrrole nitrogens is 1. The molecule has 0 aliphatic carbocycles. The average molecular weight is 287 g/mol. The number of aromatic amines is 1. The van der Waals surface area contributed by atoms with Gasteiger partial charge in [-0.2, -0.15) is 12.7 Å². The van der Waals surface area contributed by atoms with Crippen molar-refractivity contribution < 1.29 is 13.2 Å². The second kappa shape index (κ2) is 5.07. The van der Waals surface area contributed by atoms with Crippen molar-refractivity contribution in [2.24, 2.45) is 5.14 Å². The number of amides is 1. The van der Waals surface area contributed by atoms with Crippen molar-refractivity contribution in [1.82, 2.24) is 19.2 Å². The normalized spacial score (nSPS) is 17.4. The van der Waals surface area contributed by atoms with E-state index in [-0.39, 0.29) is 37.8 Å². The van der Waals surface area contributed by atoms with Crippen LogP contribution < -0.4 is 10.7 Å². The smallest absolute Gasteiger partial charge is 0.277 e. The van der Waals surface area contributed by atoms with Crippen LogP contribution in [-0.2, 0) is 10.2 Å². The summed E-state index contributed by atoms with van der Waals surface area (Å²) in [7, 11) is -3.71. The van der Waals surface area contributed by atoms with Crippen LogP contribution in [0.2, 0.25) is 0 Å². The molecule has 1 aliphatic heterocycles. The van der Waals surface area contributed by atoms with Crippen LogP contribution in [-0.4, -0.2) is 59.7 Å². The predicted octanol–water partition coefficient (Wildman–Crippen LogP) is -2.27. The number of carbonyl (C=O) groups is 1. The first-order chi connectivity index (χ1) is 8.88. The summed E-state index contributed by atoms with van der Waals surface area (Å²) >= 11 is 0. The zero-order valence-electron chi connectivity index (χ0n) is 9.94. The van der Waals surface area contributed by atoms with Crippen LogP contribution in [0, 0.1) is 0 Å². The van der Waals surface area contributed by atoms with Crippen molar-refractivity contribution in [3.8, 4) is 0 Å². The molecule has 0 aromatic carbocycles. The monoisotopic (exact) mass is 287 g/mol. The van der Waals surface area contributed by atoms with Crippen molar-refractivity contribution in [3.05, 3.63) is 28.4 Å².